The molecule has 1 amide bonds. The van der Waals surface area contributed by atoms with Crippen LogP contribution in [0, 0.1) is 6.92 Å². The summed E-state index contributed by atoms with van der Waals surface area (Å²) in [5.74, 6) is 0.482. The van der Waals surface area contributed by atoms with E-state index in [1.807, 2.05) is 0 Å². The molecule has 0 unspecified atom stereocenters. The molecule has 2 heterocycles. The molecule has 0 bridgehead atoms. The topological polar surface area (TPSA) is 105 Å². The number of carbonyl (C=O) groups excluding carboxylic acids is 1. The fourth-order valence-electron chi connectivity index (χ4n) is 3.41. The summed E-state index contributed by atoms with van der Waals surface area (Å²) in [6.07, 6.45) is 5.37. The molecule has 0 radical (unpaired) electrons. The number of aromatic nitrogens is 2. The van der Waals surface area contributed by atoms with E-state index in [0.717, 1.165) is 41.3 Å². The first kappa shape index (κ1) is 21.2. The molecule has 1 fully saturated rings. The van der Waals surface area contributed by atoms with E-state index in [0.29, 0.717) is 28.9 Å². The van der Waals surface area contributed by atoms with Crippen LogP contribution in [-0.4, -0.2) is 42.4 Å². The highest BCUT2D eigenvalue weighted by molar-refractivity contribution is 7.91. The molecule has 2 aromatic heterocycles. The van der Waals surface area contributed by atoms with Gasteiger partial charge in [0.15, 0.2) is 5.82 Å². The third kappa shape index (κ3) is 4.56. The molecule has 1 N–H and O–H groups in total. The van der Waals surface area contributed by atoms with Crippen LogP contribution in [0.15, 0.2) is 20.9 Å². The second-order valence-electron chi connectivity index (χ2n) is 7.00. The van der Waals surface area contributed by atoms with E-state index in [-0.39, 0.29) is 10.8 Å². The van der Waals surface area contributed by atoms with Crippen LogP contribution in [-0.2, 0) is 20.4 Å². The minimum absolute atomic E-state index is 0.103. The molecule has 0 aliphatic heterocycles. The maximum Gasteiger partial charge on any atom is 0.252 e. The molecular weight excluding hydrogens is 424 g/mol. The highest BCUT2D eigenvalue weighted by Crippen LogP contribution is 2.34. The summed E-state index contributed by atoms with van der Waals surface area (Å²) in [6.45, 7) is 1.39. The number of amides is 1. The number of thiophene rings is 1. The molecule has 0 atom stereocenters. The van der Waals surface area contributed by atoms with Gasteiger partial charge in [-0.2, -0.15) is 9.29 Å². The van der Waals surface area contributed by atoms with Gasteiger partial charge in [0.05, 0.1) is 10.9 Å². The zero-order valence-corrected chi connectivity index (χ0v) is 18.2. The summed E-state index contributed by atoms with van der Waals surface area (Å²) in [7, 11) is -2.41. The molecule has 0 aromatic carbocycles. The Labute approximate surface area is 173 Å². The van der Waals surface area contributed by atoms with E-state index in [1.54, 1.807) is 6.92 Å². The molecule has 1 aliphatic rings. The summed E-state index contributed by atoms with van der Waals surface area (Å²) >= 11 is 6.80. The lowest BCUT2D eigenvalue weighted by Gasteiger charge is -2.31. The molecule has 8 nitrogen and oxygen atoms in total. The van der Waals surface area contributed by atoms with E-state index in [2.05, 4.69) is 15.5 Å². The van der Waals surface area contributed by atoms with Gasteiger partial charge in [-0.25, -0.2) is 8.42 Å². The summed E-state index contributed by atoms with van der Waals surface area (Å²) in [5.41, 5.74) is -0.734. The van der Waals surface area contributed by atoms with Crippen LogP contribution in [0.2, 0.25) is 4.34 Å². The lowest BCUT2D eigenvalue weighted by molar-refractivity contribution is -0.123. The van der Waals surface area contributed by atoms with Gasteiger partial charge in [-0.15, -0.1) is 11.3 Å². The van der Waals surface area contributed by atoms with E-state index in [4.69, 9.17) is 16.1 Å². The number of aryl methyl sites for hydroxylation is 1. The molecule has 11 heteroatoms. The maximum absolute atomic E-state index is 12.8. The number of likely N-dealkylation sites (N-methyl/N-ethyl adjacent to an activating group) is 1. The monoisotopic (exact) mass is 446 g/mol. The molecule has 28 heavy (non-hydrogen) atoms. The van der Waals surface area contributed by atoms with Gasteiger partial charge >= 0.3 is 0 Å². The van der Waals surface area contributed by atoms with Crippen molar-refractivity contribution in [3.63, 3.8) is 0 Å². The number of nitrogens with zero attached hydrogens (tertiary/aromatic N) is 3. The minimum atomic E-state index is -3.78. The summed E-state index contributed by atoms with van der Waals surface area (Å²) in [6, 6.07) is 2.96. The Morgan fingerprint density at radius 3 is 2.54 bits per heavy atom. The Hall–Kier alpha value is -1.49. The van der Waals surface area contributed by atoms with Crippen molar-refractivity contribution >= 4 is 38.9 Å². The molecule has 0 spiro atoms. The third-order valence-corrected chi connectivity index (χ3v) is 8.37. The van der Waals surface area contributed by atoms with Crippen LogP contribution >= 0.6 is 22.9 Å². The van der Waals surface area contributed by atoms with Crippen LogP contribution < -0.4 is 5.32 Å². The van der Waals surface area contributed by atoms with Crippen molar-refractivity contribution in [2.75, 3.05) is 13.6 Å². The lowest BCUT2D eigenvalue weighted by Crippen LogP contribution is -2.50. The number of sulfonamides is 1. The fourth-order valence-corrected chi connectivity index (χ4v) is 6.23. The Balaban J connectivity index is 1.77. The van der Waals surface area contributed by atoms with Crippen LogP contribution in [0.5, 0.6) is 0 Å². The fraction of sp³-hybridized carbons (Fsp3) is 0.588. The Morgan fingerprint density at radius 1 is 1.32 bits per heavy atom. The Morgan fingerprint density at radius 2 is 2.00 bits per heavy atom. The second kappa shape index (κ2) is 8.48. The van der Waals surface area contributed by atoms with Crippen molar-refractivity contribution in [2.45, 2.75) is 55.2 Å². The van der Waals surface area contributed by atoms with Gasteiger partial charge in [-0.1, -0.05) is 42.4 Å². The van der Waals surface area contributed by atoms with Crippen molar-refractivity contribution in [1.82, 2.24) is 19.8 Å². The average molecular weight is 447 g/mol. The van der Waals surface area contributed by atoms with Crippen molar-refractivity contribution < 1.29 is 17.7 Å². The predicted octanol–water partition coefficient (Wildman–Crippen LogP) is 3.08. The molecule has 3 rings (SSSR count). The smallest absolute Gasteiger partial charge is 0.252 e. The first-order valence-electron chi connectivity index (χ1n) is 9.06. The number of hydrogen-bond donors (Lipinski definition) is 1. The van der Waals surface area contributed by atoms with Gasteiger partial charge in [0, 0.05) is 14.0 Å². The van der Waals surface area contributed by atoms with E-state index in [9.17, 15) is 13.2 Å². The quantitative estimate of drug-likeness (QED) is 0.683. The minimum Gasteiger partial charge on any atom is -0.342 e. The van der Waals surface area contributed by atoms with Crippen LogP contribution in [0.1, 0.15) is 50.2 Å². The van der Waals surface area contributed by atoms with Gasteiger partial charge in [-0.05, 0) is 25.0 Å². The Bertz CT molecular complexity index is 933. The zero-order chi connectivity index (χ0) is 20.4. The standard InChI is InChI=1S/C17H23ClN4O4S2/c1-12-19-16(21-26-12)17(9-5-3-4-6-10-17)20-14(23)11-22(2)28(24,25)15-8-7-13(18)27-15/h7-8H,3-6,9-11H2,1-2H3,(H,20,23). The maximum atomic E-state index is 12.8. The van der Waals surface area contributed by atoms with Crippen LogP contribution in [0.4, 0.5) is 0 Å². The van der Waals surface area contributed by atoms with E-state index in [1.165, 1.54) is 19.2 Å². The average Bonchev–Trinajstić information content (AvgIpc) is 3.19. The zero-order valence-electron chi connectivity index (χ0n) is 15.8. The highest BCUT2D eigenvalue weighted by atomic mass is 35.5. The summed E-state index contributed by atoms with van der Waals surface area (Å²) in [5, 5.41) is 7.05. The van der Waals surface area contributed by atoms with Gasteiger partial charge in [0.2, 0.25) is 11.8 Å². The molecule has 1 aliphatic carbocycles. The molecule has 154 valence electrons. The number of rotatable bonds is 6. The molecule has 2 aromatic rings. The molecule has 1 saturated carbocycles. The van der Waals surface area contributed by atoms with Gasteiger partial charge < -0.3 is 9.84 Å². The third-order valence-electron chi connectivity index (χ3n) is 4.87. The van der Waals surface area contributed by atoms with Gasteiger partial charge in [0.25, 0.3) is 10.0 Å². The number of carbonyl (C=O) groups is 1. The normalized spacial score (nSPS) is 17.4. The van der Waals surface area contributed by atoms with Gasteiger partial charge in [-0.3, -0.25) is 4.79 Å². The highest BCUT2D eigenvalue weighted by Gasteiger charge is 2.39. The predicted molar refractivity (Wildman–Crippen MR) is 106 cm³/mol. The first-order chi connectivity index (χ1) is 13.2. The SMILES string of the molecule is Cc1nc(C2(NC(=O)CN(C)S(=O)(=O)c3ccc(Cl)s3)CCCCCC2)no1. The molecule has 0 saturated heterocycles. The largest absolute Gasteiger partial charge is 0.342 e. The Kier molecular flexibility index (Phi) is 6.43. The van der Waals surface area contributed by atoms with Crippen molar-refractivity contribution in [1.29, 1.82) is 0 Å². The van der Waals surface area contributed by atoms with E-state index < -0.39 is 21.5 Å². The lowest BCUT2D eigenvalue weighted by atomic mass is 9.89. The summed E-state index contributed by atoms with van der Waals surface area (Å²) < 4.78 is 31.9. The van der Waals surface area contributed by atoms with Crippen LogP contribution in [0.25, 0.3) is 0 Å². The van der Waals surface area contributed by atoms with Crippen molar-refractivity contribution in [2.24, 2.45) is 0 Å². The van der Waals surface area contributed by atoms with Crippen LogP contribution in [0.3, 0.4) is 0 Å². The first-order valence-corrected chi connectivity index (χ1v) is 11.7. The van der Waals surface area contributed by atoms with Gasteiger partial charge in [0.1, 0.15) is 9.75 Å². The number of hydrogen-bond acceptors (Lipinski definition) is 7. The summed E-state index contributed by atoms with van der Waals surface area (Å²) in [4.78, 5) is 17.1. The number of halogens is 1. The molecular formula is C17H23ClN4O4S2. The van der Waals surface area contributed by atoms with E-state index >= 15 is 0 Å². The van der Waals surface area contributed by atoms with Crippen molar-refractivity contribution in [3.8, 4) is 0 Å². The number of nitrogens with one attached hydrogen (secondary N) is 1. The van der Waals surface area contributed by atoms with Crippen molar-refractivity contribution in [3.05, 3.63) is 28.2 Å². The second-order valence-corrected chi connectivity index (χ2v) is 11.0.